The van der Waals surface area contributed by atoms with Crippen LogP contribution in [0.5, 0.6) is 0 Å². The van der Waals surface area contributed by atoms with Gasteiger partial charge in [-0.3, -0.25) is 14.2 Å². The fraction of sp³-hybridized carbons (Fsp3) is 0.550. The van der Waals surface area contributed by atoms with Crippen molar-refractivity contribution in [2.75, 3.05) is 26.2 Å². The Bertz CT molecular complexity index is 937. The lowest BCUT2D eigenvalue weighted by Crippen LogP contribution is -3.18. The van der Waals surface area contributed by atoms with Crippen LogP contribution in [-0.2, 0) is 11.3 Å². The second kappa shape index (κ2) is 7.94. The van der Waals surface area contributed by atoms with E-state index in [0.717, 1.165) is 32.2 Å². The van der Waals surface area contributed by atoms with Crippen LogP contribution in [0.3, 0.4) is 0 Å². The van der Waals surface area contributed by atoms with Crippen LogP contribution < -0.4 is 10.5 Å². The van der Waals surface area contributed by atoms with Crippen molar-refractivity contribution >= 4 is 29.0 Å². The van der Waals surface area contributed by atoms with Crippen molar-refractivity contribution in [1.29, 1.82) is 0 Å². The average Bonchev–Trinajstić information content (AvgIpc) is 2.72. The Kier molecular flexibility index (Phi) is 5.41. The van der Waals surface area contributed by atoms with Crippen molar-refractivity contribution < 1.29 is 9.69 Å². The van der Waals surface area contributed by atoms with Gasteiger partial charge in [0.2, 0.25) is 5.91 Å². The van der Waals surface area contributed by atoms with E-state index in [4.69, 9.17) is 12.2 Å². The van der Waals surface area contributed by atoms with E-state index in [1.807, 2.05) is 23.1 Å². The molecular formula is C20H27N4O2S+. The predicted octanol–water partition coefficient (Wildman–Crippen LogP) is 1.12. The first-order valence-electron chi connectivity index (χ1n) is 9.98. The molecule has 1 aliphatic carbocycles. The van der Waals surface area contributed by atoms with Crippen LogP contribution in [-0.4, -0.2) is 52.6 Å². The van der Waals surface area contributed by atoms with Crippen molar-refractivity contribution in [1.82, 2.24) is 14.5 Å². The van der Waals surface area contributed by atoms with Gasteiger partial charge in [-0.05, 0) is 50.0 Å². The highest BCUT2D eigenvalue weighted by Gasteiger charge is 2.30. The summed E-state index contributed by atoms with van der Waals surface area (Å²) in [5.74, 6) is -0.0189. The molecule has 1 aromatic heterocycles. The van der Waals surface area contributed by atoms with Crippen molar-refractivity contribution in [2.45, 2.75) is 44.7 Å². The van der Waals surface area contributed by atoms with Gasteiger partial charge in [0.25, 0.3) is 5.56 Å². The first-order chi connectivity index (χ1) is 13.1. The molecule has 2 N–H and O–H groups in total. The zero-order valence-electron chi connectivity index (χ0n) is 15.6. The lowest BCUT2D eigenvalue weighted by atomic mass is 9.94. The maximum Gasteiger partial charge on any atom is 0.262 e. The molecule has 1 aromatic carbocycles. The molecule has 1 saturated carbocycles. The van der Waals surface area contributed by atoms with E-state index in [9.17, 15) is 9.59 Å². The Morgan fingerprint density at radius 2 is 1.85 bits per heavy atom. The van der Waals surface area contributed by atoms with Crippen molar-refractivity contribution in [3.63, 3.8) is 0 Å². The highest BCUT2D eigenvalue weighted by molar-refractivity contribution is 7.71. The smallest absolute Gasteiger partial charge is 0.262 e. The summed E-state index contributed by atoms with van der Waals surface area (Å²) in [5, 5.41) is 0.561. The van der Waals surface area contributed by atoms with E-state index in [1.165, 1.54) is 36.7 Å². The number of nitrogens with one attached hydrogen (secondary N) is 2. The number of quaternary nitrogens is 1. The minimum atomic E-state index is -0.200. The molecule has 0 atom stereocenters. The lowest BCUT2D eigenvalue weighted by Gasteiger charge is -2.38. The van der Waals surface area contributed by atoms with Crippen LogP contribution >= 0.6 is 12.2 Å². The van der Waals surface area contributed by atoms with Crippen LogP contribution in [0.25, 0.3) is 10.9 Å². The standard InChI is InChI=1S/C20H26N4O2S/c25-18(23-12-10-22(11-13-23)15-6-2-1-3-7-15)14-24-19(26)16-8-4-5-9-17(16)21-20(24)27/h4-5,8-9,15H,1-3,6-7,10-14H2,(H,21,27)/p+1. The zero-order valence-corrected chi connectivity index (χ0v) is 16.4. The second-order valence-corrected chi connectivity index (χ2v) is 8.13. The van der Waals surface area contributed by atoms with Gasteiger partial charge in [-0.15, -0.1) is 0 Å². The fourth-order valence-corrected chi connectivity index (χ4v) is 4.80. The fourth-order valence-electron chi connectivity index (χ4n) is 4.54. The van der Waals surface area contributed by atoms with Crippen LogP contribution in [0, 0.1) is 4.77 Å². The molecule has 2 aliphatic rings. The van der Waals surface area contributed by atoms with Crippen molar-refractivity contribution in [3.05, 3.63) is 39.4 Å². The molecular weight excluding hydrogens is 360 g/mol. The third kappa shape index (κ3) is 3.84. The molecule has 4 rings (SSSR count). The molecule has 0 spiro atoms. The van der Waals surface area contributed by atoms with Crippen LogP contribution in [0.1, 0.15) is 32.1 Å². The number of benzene rings is 1. The number of piperazine rings is 1. The van der Waals surface area contributed by atoms with Gasteiger partial charge < -0.3 is 14.8 Å². The number of nitrogens with zero attached hydrogens (tertiary/aromatic N) is 2. The van der Waals surface area contributed by atoms with Gasteiger partial charge in [0.15, 0.2) is 4.77 Å². The van der Waals surface area contributed by atoms with Gasteiger partial charge in [-0.1, -0.05) is 18.6 Å². The van der Waals surface area contributed by atoms with Gasteiger partial charge in [0, 0.05) is 0 Å². The summed E-state index contributed by atoms with van der Waals surface area (Å²) >= 11 is 5.32. The molecule has 27 heavy (non-hydrogen) atoms. The Labute approximate surface area is 163 Å². The van der Waals surface area contributed by atoms with Crippen molar-refractivity contribution in [3.8, 4) is 0 Å². The Morgan fingerprint density at radius 1 is 1.15 bits per heavy atom. The summed E-state index contributed by atoms with van der Waals surface area (Å²) in [6, 6.07) is 8.03. The molecule has 1 aliphatic heterocycles. The number of carbonyl (C=O) groups is 1. The van der Waals surface area contributed by atoms with Gasteiger partial charge in [0.1, 0.15) is 6.54 Å². The first kappa shape index (κ1) is 18.4. The highest BCUT2D eigenvalue weighted by atomic mass is 32.1. The third-order valence-electron chi connectivity index (χ3n) is 6.12. The van der Waals surface area contributed by atoms with Crippen molar-refractivity contribution in [2.24, 2.45) is 0 Å². The van der Waals surface area contributed by atoms with Gasteiger partial charge in [-0.2, -0.15) is 0 Å². The molecule has 7 heteroatoms. The van der Waals surface area contributed by atoms with Crippen LogP contribution in [0.2, 0.25) is 0 Å². The first-order valence-corrected chi connectivity index (χ1v) is 10.4. The summed E-state index contributed by atoms with van der Waals surface area (Å²) < 4.78 is 1.69. The highest BCUT2D eigenvalue weighted by Crippen LogP contribution is 2.15. The summed E-state index contributed by atoms with van der Waals surface area (Å²) in [5.41, 5.74) is 0.509. The molecule has 144 valence electrons. The zero-order chi connectivity index (χ0) is 18.8. The number of rotatable bonds is 3. The summed E-state index contributed by atoms with van der Waals surface area (Å²) in [7, 11) is 0. The number of hydrogen-bond donors (Lipinski definition) is 2. The maximum atomic E-state index is 12.8. The molecule has 2 aromatic rings. The largest absolute Gasteiger partial charge is 0.332 e. The van der Waals surface area contributed by atoms with Gasteiger partial charge in [-0.25, -0.2) is 0 Å². The molecule has 2 heterocycles. The summed E-state index contributed by atoms with van der Waals surface area (Å²) in [6.45, 7) is 3.57. The van der Waals surface area contributed by atoms with E-state index < -0.39 is 0 Å². The molecule has 2 fully saturated rings. The SMILES string of the molecule is O=C(Cn1c(=S)[nH]c2ccccc2c1=O)N1CC[NH+](C2CCCCC2)CC1. The predicted molar refractivity (Wildman–Crippen MR) is 108 cm³/mol. The van der Waals surface area contributed by atoms with E-state index in [-0.39, 0.29) is 18.0 Å². The molecule has 0 unspecified atom stereocenters. The number of carbonyl (C=O) groups excluding carboxylic acids is 1. The number of aromatic amines is 1. The molecule has 6 nitrogen and oxygen atoms in total. The lowest BCUT2D eigenvalue weighted by molar-refractivity contribution is -0.930. The topological polar surface area (TPSA) is 62.5 Å². The Hall–Kier alpha value is -1.99. The quantitative estimate of drug-likeness (QED) is 0.776. The average molecular weight is 388 g/mol. The van der Waals surface area contributed by atoms with Crippen LogP contribution in [0.15, 0.2) is 29.1 Å². The molecule has 0 bridgehead atoms. The maximum absolute atomic E-state index is 12.8. The number of para-hydroxylation sites is 1. The van der Waals surface area contributed by atoms with Crippen LogP contribution in [0.4, 0.5) is 0 Å². The van der Waals surface area contributed by atoms with E-state index >= 15 is 0 Å². The summed E-state index contributed by atoms with van der Waals surface area (Å²) in [6.07, 6.45) is 6.71. The minimum Gasteiger partial charge on any atom is -0.332 e. The molecule has 1 saturated heterocycles. The second-order valence-electron chi connectivity index (χ2n) is 7.74. The molecule has 1 amide bonds. The number of hydrogen-bond acceptors (Lipinski definition) is 3. The number of amides is 1. The molecule has 0 radical (unpaired) electrons. The van der Waals surface area contributed by atoms with Gasteiger partial charge >= 0.3 is 0 Å². The monoisotopic (exact) mass is 387 g/mol. The number of H-pyrrole nitrogens is 1. The number of aromatic nitrogens is 2. The number of fused-ring (bicyclic) bond motifs is 1. The van der Waals surface area contributed by atoms with E-state index in [2.05, 4.69) is 4.98 Å². The normalized spacial score (nSPS) is 19.5. The van der Waals surface area contributed by atoms with Gasteiger partial charge in [0.05, 0.1) is 43.1 Å². The summed E-state index contributed by atoms with van der Waals surface area (Å²) in [4.78, 5) is 32.1. The van der Waals surface area contributed by atoms with E-state index in [0.29, 0.717) is 15.7 Å². The van der Waals surface area contributed by atoms with E-state index in [1.54, 1.807) is 11.0 Å². The minimum absolute atomic E-state index is 0.0117. The Balaban J connectivity index is 1.43. The Morgan fingerprint density at radius 3 is 2.59 bits per heavy atom. The third-order valence-corrected chi connectivity index (χ3v) is 6.45.